The van der Waals surface area contributed by atoms with Crippen molar-refractivity contribution in [2.45, 2.75) is 95.5 Å². The van der Waals surface area contributed by atoms with Gasteiger partial charge < -0.3 is 24.6 Å². The van der Waals surface area contributed by atoms with Crippen LogP contribution in [0.5, 0.6) is 5.75 Å². The highest BCUT2D eigenvalue weighted by Crippen LogP contribution is 2.43. The molecule has 1 fully saturated rings. The Morgan fingerprint density at radius 1 is 0.740 bits per heavy atom. The first kappa shape index (κ1) is 39.6. The minimum atomic E-state index is -0.792. The van der Waals surface area contributed by atoms with Crippen LogP contribution in [0.15, 0.2) is 84.9 Å². The van der Waals surface area contributed by atoms with E-state index in [0.717, 1.165) is 66.0 Å². The average Bonchev–Trinajstić information content (AvgIpc) is 3.60. The number of benzene rings is 3. The number of rotatable bonds is 25. The Hall–Kier alpha value is -3.19. The van der Waals surface area contributed by atoms with Gasteiger partial charge in [-0.25, -0.2) is 0 Å². The van der Waals surface area contributed by atoms with Gasteiger partial charge >= 0.3 is 0 Å². The van der Waals surface area contributed by atoms with Gasteiger partial charge in [0.2, 0.25) is 5.91 Å². The van der Waals surface area contributed by atoms with Gasteiger partial charge in [0.25, 0.3) is 0 Å². The van der Waals surface area contributed by atoms with Crippen molar-refractivity contribution in [3.8, 4) is 5.75 Å². The predicted molar refractivity (Wildman–Crippen MR) is 207 cm³/mol. The van der Waals surface area contributed by atoms with Crippen LogP contribution in [-0.4, -0.2) is 75.8 Å². The molecule has 0 saturated carbocycles. The topological polar surface area (TPSA) is 64.8 Å². The van der Waals surface area contributed by atoms with Gasteiger partial charge in [-0.1, -0.05) is 117 Å². The molecule has 4 rings (SSSR count). The fourth-order valence-corrected chi connectivity index (χ4v) is 8.06. The van der Waals surface area contributed by atoms with E-state index in [9.17, 15) is 4.79 Å². The number of para-hydroxylation sites is 1. The van der Waals surface area contributed by atoms with Gasteiger partial charge in [0.15, 0.2) is 0 Å². The lowest BCUT2D eigenvalue weighted by Crippen LogP contribution is -2.49. The van der Waals surface area contributed by atoms with Crippen LogP contribution < -0.4 is 10.5 Å². The molecular formula is C44H66N3O3+. The van der Waals surface area contributed by atoms with E-state index >= 15 is 0 Å². The van der Waals surface area contributed by atoms with E-state index < -0.39 is 5.41 Å². The molecule has 2 N–H and O–H groups in total. The lowest BCUT2D eigenvalue weighted by molar-refractivity contribution is -0.890. The van der Waals surface area contributed by atoms with Crippen molar-refractivity contribution in [1.29, 1.82) is 0 Å². The van der Waals surface area contributed by atoms with E-state index in [1.807, 2.05) is 54.6 Å². The number of quaternary nitrogens is 1. The Bertz CT molecular complexity index is 1320. The predicted octanol–water partition coefficient (Wildman–Crippen LogP) is 8.76. The summed E-state index contributed by atoms with van der Waals surface area (Å²) < 4.78 is 12.4. The number of amides is 1. The third-order valence-electron chi connectivity index (χ3n) is 11.0. The quantitative estimate of drug-likeness (QED) is 0.0716. The number of nitrogens with two attached hydrogens (primary N) is 1. The van der Waals surface area contributed by atoms with Gasteiger partial charge in [-0.2, -0.15) is 0 Å². The van der Waals surface area contributed by atoms with Gasteiger partial charge in [0.1, 0.15) is 11.2 Å². The number of methoxy groups -OCH3 is 1. The lowest BCUT2D eigenvalue weighted by atomic mass is 9.64. The van der Waals surface area contributed by atoms with Gasteiger partial charge in [-0.15, -0.1) is 0 Å². The van der Waals surface area contributed by atoms with Crippen LogP contribution in [0.25, 0.3) is 0 Å². The summed E-state index contributed by atoms with van der Waals surface area (Å²) in [7, 11) is 6.51. The third kappa shape index (κ3) is 12.0. The summed E-state index contributed by atoms with van der Waals surface area (Å²) in [4.78, 5) is 15.9. The van der Waals surface area contributed by atoms with Crippen molar-refractivity contribution in [3.05, 3.63) is 102 Å². The number of carbonyl (C=O) groups is 1. The Kier molecular flexibility index (Phi) is 16.8. The number of hydrogen-bond donors (Lipinski definition) is 1. The van der Waals surface area contributed by atoms with Crippen LogP contribution in [0.3, 0.4) is 0 Å². The molecule has 0 aromatic heterocycles. The van der Waals surface area contributed by atoms with Crippen molar-refractivity contribution in [3.63, 3.8) is 0 Å². The Labute approximate surface area is 303 Å². The number of ether oxygens (including phenoxy) is 2. The monoisotopic (exact) mass is 685 g/mol. The van der Waals surface area contributed by atoms with Crippen molar-refractivity contribution in [2.75, 3.05) is 60.5 Å². The average molecular weight is 685 g/mol. The van der Waals surface area contributed by atoms with Crippen LogP contribution in [0, 0.1) is 5.92 Å². The molecule has 1 unspecified atom stereocenters. The molecule has 1 amide bonds. The maximum atomic E-state index is 13.3. The molecule has 0 spiro atoms. The van der Waals surface area contributed by atoms with Crippen molar-refractivity contribution in [1.82, 2.24) is 4.90 Å². The van der Waals surface area contributed by atoms with Crippen molar-refractivity contribution < 1.29 is 18.8 Å². The van der Waals surface area contributed by atoms with Crippen LogP contribution >= 0.6 is 0 Å². The van der Waals surface area contributed by atoms with Crippen molar-refractivity contribution in [2.24, 2.45) is 11.7 Å². The smallest absolute Gasteiger partial charge is 0.232 e. The molecule has 6 nitrogen and oxygen atoms in total. The Morgan fingerprint density at radius 2 is 1.26 bits per heavy atom. The van der Waals surface area contributed by atoms with Crippen molar-refractivity contribution >= 4 is 5.91 Å². The number of hydrogen-bond acceptors (Lipinski definition) is 4. The highest BCUT2D eigenvalue weighted by Gasteiger charge is 2.49. The number of likely N-dealkylation sites (tertiary alicyclic amines) is 1. The van der Waals surface area contributed by atoms with Gasteiger partial charge in [-0.3, -0.25) is 4.79 Å². The van der Waals surface area contributed by atoms with E-state index in [2.05, 4.69) is 49.3 Å². The molecule has 1 aliphatic rings. The molecule has 1 heterocycles. The largest absolute Gasteiger partial charge is 0.496 e. The third-order valence-corrected chi connectivity index (χ3v) is 11.0. The van der Waals surface area contributed by atoms with E-state index in [1.165, 1.54) is 83.7 Å². The Morgan fingerprint density at radius 3 is 1.84 bits per heavy atom. The van der Waals surface area contributed by atoms with Crippen LogP contribution in [-0.2, 0) is 21.6 Å². The molecule has 0 radical (unpaired) electrons. The van der Waals surface area contributed by atoms with Crippen LogP contribution in [0.1, 0.15) is 100 Å². The minimum absolute atomic E-state index is 0.176. The molecule has 50 heavy (non-hydrogen) atoms. The van der Waals surface area contributed by atoms with E-state index in [0.29, 0.717) is 6.61 Å². The molecule has 1 atom stereocenters. The summed E-state index contributed by atoms with van der Waals surface area (Å²) in [6.45, 7) is 7.06. The molecule has 3 aromatic rings. The van der Waals surface area contributed by atoms with E-state index in [1.54, 1.807) is 7.11 Å². The maximum Gasteiger partial charge on any atom is 0.232 e. The normalized spacial score (nSPS) is 15.4. The SMILES string of the molecule is COc1ccccc1COCCCCCC[N+](C)(C)CCCCCCCCCCN1CCC(C(C(N)=O)(c2ccccc2)c2ccccc2)C1. The summed E-state index contributed by atoms with van der Waals surface area (Å²) in [6.07, 6.45) is 16.5. The number of nitrogens with zero attached hydrogens (tertiary/aromatic N) is 2. The summed E-state index contributed by atoms with van der Waals surface area (Å²) >= 11 is 0. The fourth-order valence-electron chi connectivity index (χ4n) is 8.06. The van der Waals surface area contributed by atoms with E-state index in [-0.39, 0.29) is 11.8 Å². The number of unbranched alkanes of at least 4 members (excludes halogenated alkanes) is 10. The molecule has 3 aromatic carbocycles. The molecule has 274 valence electrons. The Balaban J connectivity index is 1.01. The molecule has 1 aliphatic heterocycles. The second kappa shape index (κ2) is 21.2. The second-order valence-corrected chi connectivity index (χ2v) is 15.2. The number of carbonyl (C=O) groups excluding carboxylic acids is 1. The van der Waals surface area contributed by atoms with Gasteiger partial charge in [0.05, 0.1) is 40.9 Å². The zero-order chi connectivity index (χ0) is 35.5. The second-order valence-electron chi connectivity index (χ2n) is 15.2. The number of primary amides is 1. The summed E-state index contributed by atoms with van der Waals surface area (Å²) in [5, 5.41) is 0. The first-order valence-corrected chi connectivity index (χ1v) is 19.5. The summed E-state index contributed by atoms with van der Waals surface area (Å²) in [5.41, 5.74) is 8.64. The molecule has 6 heteroatoms. The minimum Gasteiger partial charge on any atom is -0.496 e. The standard InChI is InChI=1S/C44H65N3O3/c1-47(2,34-22-10-11-23-35-50-37-38-24-18-19-29-42(38)49-3)33-21-9-7-5-4-6-8-20-31-46-32-30-41(36-46)44(43(45)48,39-25-14-12-15-26-39)40-27-16-13-17-28-40/h12-19,24-29,41H,4-11,20-23,30-37H2,1-3H3,(H-,45,48)/p+1. The first-order valence-electron chi connectivity index (χ1n) is 19.5. The fraction of sp³-hybridized carbons (Fsp3) is 0.568. The van der Waals surface area contributed by atoms with E-state index in [4.69, 9.17) is 15.2 Å². The highest BCUT2D eigenvalue weighted by molar-refractivity contribution is 5.91. The van der Waals surface area contributed by atoms with Gasteiger partial charge in [-0.05, 0) is 81.1 Å². The lowest BCUT2D eigenvalue weighted by Gasteiger charge is -2.37. The molecular weight excluding hydrogens is 619 g/mol. The summed E-state index contributed by atoms with van der Waals surface area (Å²) in [5.74, 6) is 0.847. The summed E-state index contributed by atoms with van der Waals surface area (Å²) in [6, 6.07) is 28.5. The van der Waals surface area contributed by atoms with Gasteiger partial charge in [0, 0.05) is 18.7 Å². The molecule has 1 saturated heterocycles. The highest BCUT2D eigenvalue weighted by atomic mass is 16.5. The van der Waals surface area contributed by atoms with Crippen LogP contribution in [0.2, 0.25) is 0 Å². The zero-order valence-corrected chi connectivity index (χ0v) is 31.5. The first-order chi connectivity index (χ1) is 24.4. The maximum absolute atomic E-state index is 13.3. The van der Waals surface area contributed by atoms with Crippen LogP contribution in [0.4, 0.5) is 0 Å². The molecule has 0 bridgehead atoms. The zero-order valence-electron chi connectivity index (χ0n) is 31.5. The molecule has 0 aliphatic carbocycles.